The van der Waals surface area contributed by atoms with Crippen LogP contribution in [0.15, 0.2) is 24.3 Å². The predicted octanol–water partition coefficient (Wildman–Crippen LogP) is 2.22. The minimum atomic E-state index is 0.167. The van der Waals surface area contributed by atoms with E-state index in [0.29, 0.717) is 13.0 Å². The minimum absolute atomic E-state index is 0.167. The summed E-state index contributed by atoms with van der Waals surface area (Å²) < 4.78 is 5.35. The van der Waals surface area contributed by atoms with Crippen LogP contribution < -0.4 is 4.74 Å². The molecule has 78 valence electrons. The van der Waals surface area contributed by atoms with Crippen molar-refractivity contribution in [2.24, 2.45) is 0 Å². The van der Waals surface area contributed by atoms with Gasteiger partial charge in [0.2, 0.25) is 0 Å². The average Bonchev–Trinajstić information content (AvgIpc) is 2.20. The van der Waals surface area contributed by atoms with Crippen LogP contribution >= 0.6 is 0 Å². The Kier molecular flexibility index (Phi) is 4.43. The molecule has 1 aromatic rings. The quantitative estimate of drug-likeness (QED) is 0.700. The van der Waals surface area contributed by atoms with Gasteiger partial charge in [-0.15, -0.1) is 5.92 Å². The topological polar surface area (TPSA) is 26.3 Å². The van der Waals surface area contributed by atoms with Crippen molar-refractivity contribution in [3.8, 4) is 17.6 Å². The summed E-state index contributed by atoms with van der Waals surface area (Å²) in [5.41, 5.74) is 1.01. The zero-order valence-corrected chi connectivity index (χ0v) is 9.04. The summed E-state index contributed by atoms with van der Waals surface area (Å²) >= 11 is 0. The van der Waals surface area contributed by atoms with E-state index in [1.807, 2.05) is 24.3 Å². The molecule has 0 radical (unpaired) electrons. The highest BCUT2D eigenvalue weighted by Crippen LogP contribution is 2.12. The minimum Gasteiger partial charge on any atom is -0.481 e. The Hall–Kier alpha value is -1.75. The number of hydrogen-bond acceptors (Lipinski definition) is 2. The Morgan fingerprint density at radius 3 is 2.53 bits per heavy atom. The van der Waals surface area contributed by atoms with E-state index in [2.05, 4.69) is 11.8 Å². The number of ketones is 1. The average molecular weight is 202 g/mol. The Morgan fingerprint density at radius 1 is 1.33 bits per heavy atom. The van der Waals surface area contributed by atoms with Crippen LogP contribution in [0.5, 0.6) is 5.75 Å². The third kappa shape index (κ3) is 4.33. The lowest BCUT2D eigenvalue weighted by molar-refractivity contribution is -0.116. The molecule has 0 saturated carbocycles. The third-order valence-corrected chi connectivity index (χ3v) is 1.86. The fraction of sp³-hybridized carbons (Fsp3) is 0.308. The van der Waals surface area contributed by atoms with Crippen molar-refractivity contribution in [1.29, 1.82) is 0 Å². The molecule has 0 fully saturated rings. The summed E-state index contributed by atoms with van der Waals surface area (Å²) in [6.45, 7) is 3.77. The lowest BCUT2D eigenvalue weighted by Crippen LogP contribution is -1.97. The number of rotatable bonds is 4. The second-order valence-corrected chi connectivity index (χ2v) is 3.24. The molecule has 0 unspecified atom stereocenters. The molecule has 0 N–H and O–H groups in total. The van der Waals surface area contributed by atoms with Crippen LogP contribution in [0.4, 0.5) is 0 Å². The maximum absolute atomic E-state index is 10.9. The zero-order valence-electron chi connectivity index (χ0n) is 9.04. The molecule has 0 atom stereocenters. The molecule has 0 heterocycles. The largest absolute Gasteiger partial charge is 0.481 e. The van der Waals surface area contributed by atoms with Gasteiger partial charge in [-0.3, -0.25) is 4.79 Å². The lowest BCUT2D eigenvalue weighted by Gasteiger charge is -2.03. The number of carbonyl (C=O) groups excluding carboxylic acids is 1. The van der Waals surface area contributed by atoms with E-state index < -0.39 is 0 Å². The number of benzene rings is 1. The third-order valence-electron chi connectivity index (χ3n) is 1.86. The van der Waals surface area contributed by atoms with Crippen LogP contribution in [0, 0.1) is 11.8 Å². The first-order valence-corrected chi connectivity index (χ1v) is 4.83. The summed E-state index contributed by atoms with van der Waals surface area (Å²) in [5, 5.41) is 0. The van der Waals surface area contributed by atoms with Crippen LogP contribution in [0.2, 0.25) is 0 Å². The maximum atomic E-state index is 10.9. The Balaban J connectivity index is 2.54. The van der Waals surface area contributed by atoms with Crippen LogP contribution in [0.3, 0.4) is 0 Å². The van der Waals surface area contributed by atoms with E-state index in [1.54, 1.807) is 13.8 Å². The van der Waals surface area contributed by atoms with Crippen molar-refractivity contribution in [3.05, 3.63) is 29.8 Å². The van der Waals surface area contributed by atoms with Gasteiger partial charge in [0, 0.05) is 6.42 Å². The van der Waals surface area contributed by atoms with Gasteiger partial charge in [0.15, 0.2) is 0 Å². The number of ether oxygens (including phenoxy) is 1. The molecule has 0 saturated heterocycles. The molecular formula is C13H14O2. The molecule has 0 aromatic heterocycles. The van der Waals surface area contributed by atoms with Gasteiger partial charge in [-0.05, 0) is 31.5 Å². The first-order valence-electron chi connectivity index (χ1n) is 4.83. The molecular weight excluding hydrogens is 188 g/mol. The summed E-state index contributed by atoms with van der Waals surface area (Å²) in [6.07, 6.45) is 0.481. The van der Waals surface area contributed by atoms with Gasteiger partial charge in [0.25, 0.3) is 0 Å². The molecule has 1 rings (SSSR count). The van der Waals surface area contributed by atoms with Crippen molar-refractivity contribution >= 4 is 5.78 Å². The van der Waals surface area contributed by atoms with Crippen LogP contribution in [0.25, 0.3) is 0 Å². The van der Waals surface area contributed by atoms with Gasteiger partial charge in [-0.1, -0.05) is 18.1 Å². The van der Waals surface area contributed by atoms with Gasteiger partial charge >= 0.3 is 0 Å². The Bertz CT molecular complexity index is 379. The van der Waals surface area contributed by atoms with Gasteiger partial charge in [0.1, 0.15) is 18.1 Å². The van der Waals surface area contributed by atoms with Gasteiger partial charge in [-0.2, -0.15) is 0 Å². The molecule has 0 bridgehead atoms. The smallest absolute Gasteiger partial charge is 0.149 e. The zero-order chi connectivity index (χ0) is 11.1. The highest BCUT2D eigenvalue weighted by molar-refractivity contribution is 5.78. The second-order valence-electron chi connectivity index (χ2n) is 3.24. The monoisotopic (exact) mass is 202 g/mol. The summed E-state index contributed by atoms with van der Waals surface area (Å²) in [4.78, 5) is 10.9. The normalized spacial score (nSPS) is 8.93. The van der Waals surface area contributed by atoms with Crippen LogP contribution in [0.1, 0.15) is 19.4 Å². The molecule has 0 aliphatic heterocycles. The summed E-state index contributed by atoms with van der Waals surface area (Å²) in [5.74, 6) is 6.52. The van der Waals surface area contributed by atoms with E-state index in [0.717, 1.165) is 11.3 Å². The van der Waals surface area contributed by atoms with E-state index in [9.17, 15) is 4.79 Å². The van der Waals surface area contributed by atoms with Crippen molar-refractivity contribution < 1.29 is 9.53 Å². The first-order chi connectivity index (χ1) is 7.22. The summed E-state index contributed by atoms with van der Waals surface area (Å²) in [7, 11) is 0. The SMILES string of the molecule is CC#CCOc1ccc(CC(C)=O)cc1. The van der Waals surface area contributed by atoms with Crippen molar-refractivity contribution in [1.82, 2.24) is 0 Å². The Labute approximate surface area is 90.3 Å². The summed E-state index contributed by atoms with van der Waals surface area (Å²) in [6, 6.07) is 7.51. The standard InChI is InChI=1S/C13H14O2/c1-3-4-9-15-13-7-5-12(6-8-13)10-11(2)14/h5-8H,9-10H2,1-2H3. The molecule has 2 nitrogen and oxygen atoms in total. The predicted molar refractivity (Wildman–Crippen MR) is 59.8 cm³/mol. The molecule has 15 heavy (non-hydrogen) atoms. The number of carbonyl (C=O) groups is 1. The van der Waals surface area contributed by atoms with Gasteiger partial charge in [0.05, 0.1) is 0 Å². The van der Waals surface area contributed by atoms with Gasteiger partial charge < -0.3 is 4.74 Å². The van der Waals surface area contributed by atoms with E-state index in [1.165, 1.54) is 0 Å². The lowest BCUT2D eigenvalue weighted by atomic mass is 10.1. The van der Waals surface area contributed by atoms with Crippen molar-refractivity contribution in [2.45, 2.75) is 20.3 Å². The molecule has 0 aliphatic carbocycles. The molecule has 0 aliphatic rings. The fourth-order valence-corrected chi connectivity index (χ4v) is 1.18. The first kappa shape index (κ1) is 11.3. The van der Waals surface area contributed by atoms with Crippen molar-refractivity contribution in [2.75, 3.05) is 6.61 Å². The molecule has 0 spiro atoms. The molecule has 0 amide bonds. The highest BCUT2D eigenvalue weighted by atomic mass is 16.5. The molecule has 2 heteroatoms. The maximum Gasteiger partial charge on any atom is 0.149 e. The Morgan fingerprint density at radius 2 is 2.00 bits per heavy atom. The highest BCUT2D eigenvalue weighted by Gasteiger charge is 1.97. The molecule has 1 aromatic carbocycles. The van der Waals surface area contributed by atoms with E-state index in [4.69, 9.17) is 4.74 Å². The van der Waals surface area contributed by atoms with E-state index >= 15 is 0 Å². The number of hydrogen-bond donors (Lipinski definition) is 0. The number of Topliss-reactive ketones (excluding diaryl/α,β-unsaturated/α-hetero) is 1. The van der Waals surface area contributed by atoms with Crippen LogP contribution in [-0.2, 0) is 11.2 Å². The second kappa shape index (κ2) is 5.87. The van der Waals surface area contributed by atoms with Gasteiger partial charge in [-0.25, -0.2) is 0 Å². The van der Waals surface area contributed by atoms with Crippen molar-refractivity contribution in [3.63, 3.8) is 0 Å². The van der Waals surface area contributed by atoms with E-state index in [-0.39, 0.29) is 5.78 Å². The van der Waals surface area contributed by atoms with Crippen LogP contribution in [-0.4, -0.2) is 12.4 Å². The fourth-order valence-electron chi connectivity index (χ4n) is 1.18.